The molecule has 0 saturated heterocycles. The molecular formula is C13H12N4O4. The molecule has 8 nitrogen and oxygen atoms in total. The minimum atomic E-state index is -1.27. The molecule has 1 heterocycles. The minimum Gasteiger partial charge on any atom is -0.477 e. The number of nitrogens with zero attached hydrogens (tertiary/aromatic N) is 1. The number of carbonyl (C=O) groups excluding carboxylic acids is 2. The van der Waals surface area contributed by atoms with Crippen LogP contribution in [0.3, 0.4) is 0 Å². The Bertz CT molecular complexity index is 690. The number of aromatic nitrogens is 2. The molecule has 2 aromatic rings. The van der Waals surface area contributed by atoms with Gasteiger partial charge in [0.2, 0.25) is 5.91 Å². The van der Waals surface area contributed by atoms with Gasteiger partial charge in [-0.05, 0) is 17.7 Å². The smallest absolute Gasteiger partial charge is 0.354 e. The normalized spacial score (nSPS) is 10.1. The number of imidazole rings is 1. The van der Waals surface area contributed by atoms with Crippen LogP contribution in [0.25, 0.3) is 0 Å². The van der Waals surface area contributed by atoms with Crippen LogP contribution in [0.2, 0.25) is 0 Å². The first-order valence-electron chi connectivity index (χ1n) is 5.92. The Hall–Kier alpha value is -3.16. The fourth-order valence-corrected chi connectivity index (χ4v) is 1.73. The summed E-state index contributed by atoms with van der Waals surface area (Å²) in [5.74, 6) is -2.36. The molecule has 1 aromatic carbocycles. The summed E-state index contributed by atoms with van der Waals surface area (Å²) in [6, 6.07) is 6.46. The summed E-state index contributed by atoms with van der Waals surface area (Å²) in [7, 11) is 0. The third kappa shape index (κ3) is 3.44. The standard InChI is InChI=1S/C13H12N4O4/c14-9(18)5-7-1-3-8(4-2-7)17-12(19)10-11(13(20)21)16-6-15-10/h1-4,6H,5H2,(H2,14,18)(H,15,16)(H,17,19)(H,20,21). The Morgan fingerprint density at radius 1 is 1.24 bits per heavy atom. The summed E-state index contributed by atoms with van der Waals surface area (Å²) in [5.41, 5.74) is 5.76. The van der Waals surface area contributed by atoms with Crippen molar-refractivity contribution >= 4 is 23.5 Å². The second-order valence-electron chi connectivity index (χ2n) is 4.23. The number of carboxylic acids is 1. The SMILES string of the molecule is NC(=O)Cc1ccc(NC(=O)c2nc[nH]c2C(=O)O)cc1. The number of carbonyl (C=O) groups is 3. The lowest BCUT2D eigenvalue weighted by atomic mass is 10.1. The lowest BCUT2D eigenvalue weighted by Crippen LogP contribution is -2.17. The van der Waals surface area contributed by atoms with Crippen LogP contribution < -0.4 is 11.1 Å². The number of primary amides is 1. The maximum absolute atomic E-state index is 11.9. The van der Waals surface area contributed by atoms with E-state index in [2.05, 4.69) is 15.3 Å². The third-order valence-electron chi connectivity index (χ3n) is 2.66. The molecular weight excluding hydrogens is 276 g/mol. The van der Waals surface area contributed by atoms with Crippen molar-refractivity contribution in [2.24, 2.45) is 5.73 Å². The van der Waals surface area contributed by atoms with Crippen LogP contribution in [0, 0.1) is 0 Å². The molecule has 0 bridgehead atoms. The number of anilines is 1. The average molecular weight is 288 g/mol. The monoisotopic (exact) mass is 288 g/mol. The van der Waals surface area contributed by atoms with Crippen LogP contribution >= 0.6 is 0 Å². The van der Waals surface area contributed by atoms with Crippen LogP contribution in [0.5, 0.6) is 0 Å². The molecule has 0 saturated carbocycles. The van der Waals surface area contributed by atoms with Gasteiger partial charge < -0.3 is 21.1 Å². The average Bonchev–Trinajstić information content (AvgIpc) is 2.90. The molecule has 2 amide bonds. The number of H-pyrrole nitrogens is 1. The summed E-state index contributed by atoms with van der Waals surface area (Å²) >= 11 is 0. The second-order valence-corrected chi connectivity index (χ2v) is 4.23. The first-order valence-corrected chi connectivity index (χ1v) is 5.92. The maximum Gasteiger partial charge on any atom is 0.354 e. The van der Waals surface area contributed by atoms with E-state index in [-0.39, 0.29) is 17.8 Å². The van der Waals surface area contributed by atoms with E-state index in [1.54, 1.807) is 24.3 Å². The van der Waals surface area contributed by atoms with E-state index in [1.807, 2.05) is 0 Å². The van der Waals surface area contributed by atoms with Crippen molar-refractivity contribution in [3.8, 4) is 0 Å². The van der Waals surface area contributed by atoms with Crippen LogP contribution in [0.4, 0.5) is 5.69 Å². The molecule has 2 rings (SSSR count). The van der Waals surface area contributed by atoms with Gasteiger partial charge in [0.25, 0.3) is 5.91 Å². The summed E-state index contributed by atoms with van der Waals surface area (Å²) in [6.45, 7) is 0. The Morgan fingerprint density at radius 3 is 2.48 bits per heavy atom. The largest absolute Gasteiger partial charge is 0.477 e. The molecule has 0 fully saturated rings. The first-order chi connectivity index (χ1) is 9.97. The van der Waals surface area contributed by atoms with E-state index in [4.69, 9.17) is 10.8 Å². The number of aromatic amines is 1. The molecule has 0 aliphatic carbocycles. The molecule has 0 unspecified atom stereocenters. The van der Waals surface area contributed by atoms with Gasteiger partial charge in [-0.15, -0.1) is 0 Å². The van der Waals surface area contributed by atoms with Gasteiger partial charge in [-0.2, -0.15) is 0 Å². The molecule has 0 radical (unpaired) electrons. The van der Waals surface area contributed by atoms with Crippen LogP contribution in [-0.4, -0.2) is 32.9 Å². The van der Waals surface area contributed by atoms with Gasteiger partial charge in [0.05, 0.1) is 12.7 Å². The summed E-state index contributed by atoms with van der Waals surface area (Å²) in [5, 5.41) is 11.4. The highest BCUT2D eigenvalue weighted by Gasteiger charge is 2.19. The first kappa shape index (κ1) is 14.3. The Balaban J connectivity index is 2.10. The van der Waals surface area contributed by atoms with Crippen LogP contribution in [-0.2, 0) is 11.2 Å². The molecule has 0 atom stereocenters. The number of nitrogens with two attached hydrogens (primary N) is 1. The minimum absolute atomic E-state index is 0.108. The fourth-order valence-electron chi connectivity index (χ4n) is 1.73. The highest BCUT2D eigenvalue weighted by atomic mass is 16.4. The number of carboxylic acid groups (broad SMARTS) is 1. The van der Waals surface area contributed by atoms with Crippen molar-refractivity contribution in [2.45, 2.75) is 6.42 Å². The predicted molar refractivity (Wildman–Crippen MR) is 72.8 cm³/mol. The van der Waals surface area contributed by atoms with Gasteiger partial charge in [0, 0.05) is 5.69 Å². The van der Waals surface area contributed by atoms with Gasteiger partial charge in [0.1, 0.15) is 0 Å². The summed E-state index contributed by atoms with van der Waals surface area (Å²) < 4.78 is 0. The van der Waals surface area contributed by atoms with Crippen molar-refractivity contribution < 1.29 is 19.5 Å². The van der Waals surface area contributed by atoms with Crippen molar-refractivity contribution in [1.82, 2.24) is 9.97 Å². The molecule has 108 valence electrons. The predicted octanol–water partition coefficient (Wildman–Crippen LogP) is 0.388. The topological polar surface area (TPSA) is 138 Å². The number of hydrogen-bond donors (Lipinski definition) is 4. The zero-order chi connectivity index (χ0) is 15.4. The van der Waals surface area contributed by atoms with Crippen LogP contribution in [0.15, 0.2) is 30.6 Å². The Labute approximate surface area is 119 Å². The Morgan fingerprint density at radius 2 is 1.90 bits per heavy atom. The number of hydrogen-bond acceptors (Lipinski definition) is 4. The molecule has 21 heavy (non-hydrogen) atoms. The lowest BCUT2D eigenvalue weighted by Gasteiger charge is -2.05. The molecule has 8 heteroatoms. The molecule has 5 N–H and O–H groups in total. The second kappa shape index (κ2) is 5.87. The van der Waals surface area contributed by atoms with E-state index in [0.717, 1.165) is 6.33 Å². The van der Waals surface area contributed by atoms with Gasteiger partial charge in [-0.25, -0.2) is 9.78 Å². The van der Waals surface area contributed by atoms with Gasteiger partial charge in [0.15, 0.2) is 11.4 Å². The number of amides is 2. The number of rotatable bonds is 5. The van der Waals surface area contributed by atoms with Gasteiger partial charge in [-0.3, -0.25) is 9.59 Å². The highest BCUT2D eigenvalue weighted by molar-refractivity contribution is 6.08. The Kier molecular flexibility index (Phi) is 3.98. The van der Waals surface area contributed by atoms with Crippen molar-refractivity contribution in [3.63, 3.8) is 0 Å². The van der Waals surface area contributed by atoms with E-state index in [0.29, 0.717) is 11.3 Å². The quantitative estimate of drug-likeness (QED) is 0.630. The highest BCUT2D eigenvalue weighted by Crippen LogP contribution is 2.12. The summed E-state index contributed by atoms with van der Waals surface area (Å²) in [6.07, 6.45) is 1.24. The maximum atomic E-state index is 11.9. The van der Waals surface area contributed by atoms with Gasteiger partial charge in [-0.1, -0.05) is 12.1 Å². The molecule has 1 aromatic heterocycles. The lowest BCUT2D eigenvalue weighted by molar-refractivity contribution is -0.117. The summed E-state index contributed by atoms with van der Waals surface area (Å²) in [4.78, 5) is 39.7. The van der Waals surface area contributed by atoms with E-state index < -0.39 is 17.8 Å². The fraction of sp³-hybridized carbons (Fsp3) is 0.0769. The molecule has 0 aliphatic heterocycles. The van der Waals surface area contributed by atoms with Crippen LogP contribution in [0.1, 0.15) is 26.5 Å². The number of benzene rings is 1. The van der Waals surface area contributed by atoms with E-state index in [9.17, 15) is 14.4 Å². The third-order valence-corrected chi connectivity index (χ3v) is 2.66. The number of nitrogens with one attached hydrogen (secondary N) is 2. The van der Waals surface area contributed by atoms with Crippen molar-refractivity contribution in [2.75, 3.05) is 5.32 Å². The molecule has 0 aliphatic rings. The zero-order valence-electron chi connectivity index (χ0n) is 10.8. The molecule has 0 spiro atoms. The van der Waals surface area contributed by atoms with E-state index >= 15 is 0 Å². The van der Waals surface area contributed by atoms with Crippen molar-refractivity contribution in [3.05, 3.63) is 47.5 Å². The number of aromatic carboxylic acids is 1. The zero-order valence-corrected chi connectivity index (χ0v) is 10.8. The van der Waals surface area contributed by atoms with E-state index in [1.165, 1.54) is 0 Å². The van der Waals surface area contributed by atoms with Crippen molar-refractivity contribution in [1.29, 1.82) is 0 Å². The van der Waals surface area contributed by atoms with Gasteiger partial charge >= 0.3 is 5.97 Å².